The second-order valence-electron chi connectivity index (χ2n) is 6.72. The topological polar surface area (TPSA) is 102 Å². The first-order valence-electron chi connectivity index (χ1n) is 8.68. The predicted molar refractivity (Wildman–Crippen MR) is 98.9 cm³/mol. The first-order valence-corrected chi connectivity index (χ1v) is 8.68. The number of esters is 1. The molecule has 0 unspecified atom stereocenters. The number of hydrogen-bond donors (Lipinski definition) is 2. The normalized spacial score (nSPS) is 14.3. The van der Waals surface area contributed by atoms with Crippen molar-refractivity contribution in [3.05, 3.63) is 35.9 Å². The van der Waals surface area contributed by atoms with Crippen molar-refractivity contribution in [3.8, 4) is 0 Å². The molecule has 0 heterocycles. The zero-order chi connectivity index (χ0) is 19.9. The Hall–Kier alpha value is -2.41. The van der Waals surface area contributed by atoms with Crippen molar-refractivity contribution < 1.29 is 19.1 Å². The number of carbonyl (C=O) groups is 3. The smallest absolute Gasteiger partial charge is 0.328 e. The maximum atomic E-state index is 12.3. The van der Waals surface area contributed by atoms with Gasteiger partial charge in [0.1, 0.15) is 18.7 Å². The second-order valence-corrected chi connectivity index (χ2v) is 6.72. The lowest BCUT2D eigenvalue weighted by Gasteiger charge is -2.28. The fourth-order valence-corrected chi connectivity index (χ4v) is 2.13. The highest BCUT2D eigenvalue weighted by molar-refractivity contribution is 5.91. The molecule has 7 heteroatoms. The monoisotopic (exact) mass is 363 g/mol. The highest BCUT2D eigenvalue weighted by Crippen LogP contribution is 2.07. The predicted octanol–water partition coefficient (Wildman–Crippen LogP) is 1.06. The van der Waals surface area contributed by atoms with Gasteiger partial charge in [-0.15, -0.1) is 0 Å². The number of likely N-dealkylation sites (N-methyl/N-ethyl adjacent to an activating group) is 1. The average molecular weight is 363 g/mol. The molecule has 0 aromatic heterocycles. The highest BCUT2D eigenvalue weighted by atomic mass is 16.5. The van der Waals surface area contributed by atoms with E-state index >= 15 is 0 Å². The van der Waals surface area contributed by atoms with Crippen molar-refractivity contribution in [1.82, 2.24) is 10.2 Å². The van der Waals surface area contributed by atoms with Gasteiger partial charge in [-0.1, -0.05) is 44.2 Å². The van der Waals surface area contributed by atoms with Crippen molar-refractivity contribution in [2.75, 3.05) is 7.05 Å². The van der Waals surface area contributed by atoms with Crippen molar-refractivity contribution in [2.24, 2.45) is 11.7 Å². The minimum atomic E-state index is -0.823. The molecule has 1 rings (SSSR count). The van der Waals surface area contributed by atoms with Gasteiger partial charge in [-0.05, 0) is 25.3 Å². The van der Waals surface area contributed by atoms with Crippen LogP contribution in [-0.4, -0.2) is 47.9 Å². The number of nitrogens with two attached hydrogens (primary N) is 1. The van der Waals surface area contributed by atoms with Gasteiger partial charge in [0, 0.05) is 7.05 Å². The maximum Gasteiger partial charge on any atom is 0.328 e. The van der Waals surface area contributed by atoms with E-state index in [2.05, 4.69) is 5.32 Å². The van der Waals surface area contributed by atoms with E-state index in [4.69, 9.17) is 10.5 Å². The first-order chi connectivity index (χ1) is 12.1. The summed E-state index contributed by atoms with van der Waals surface area (Å²) >= 11 is 0. The Morgan fingerprint density at radius 1 is 1.12 bits per heavy atom. The number of amides is 2. The number of carbonyl (C=O) groups excluding carboxylic acids is 3. The Kier molecular flexibility index (Phi) is 8.25. The summed E-state index contributed by atoms with van der Waals surface area (Å²) in [6, 6.07) is 7.01. The summed E-state index contributed by atoms with van der Waals surface area (Å²) in [7, 11) is 1.52. The Bertz CT molecular complexity index is 618. The molecule has 3 N–H and O–H groups in total. The molecule has 0 radical (unpaired) electrons. The minimum Gasteiger partial charge on any atom is -0.459 e. The van der Waals surface area contributed by atoms with Gasteiger partial charge in [-0.25, -0.2) is 4.79 Å². The molecule has 0 aliphatic carbocycles. The van der Waals surface area contributed by atoms with Gasteiger partial charge in [-0.2, -0.15) is 0 Å². The second kappa shape index (κ2) is 9.91. The molecule has 0 fully saturated rings. The van der Waals surface area contributed by atoms with Crippen LogP contribution in [0.4, 0.5) is 0 Å². The lowest BCUT2D eigenvalue weighted by atomic mass is 10.0. The Labute approximate surface area is 154 Å². The Morgan fingerprint density at radius 3 is 2.23 bits per heavy atom. The van der Waals surface area contributed by atoms with Crippen LogP contribution in [0.3, 0.4) is 0 Å². The molecule has 2 amide bonds. The summed E-state index contributed by atoms with van der Waals surface area (Å²) in [6.07, 6.45) is 0. The highest BCUT2D eigenvalue weighted by Gasteiger charge is 2.29. The van der Waals surface area contributed by atoms with Crippen molar-refractivity contribution in [1.29, 1.82) is 0 Å². The summed E-state index contributed by atoms with van der Waals surface area (Å²) in [5, 5.41) is 2.57. The number of ether oxygens (including phenoxy) is 1. The summed E-state index contributed by atoms with van der Waals surface area (Å²) in [5.41, 5.74) is 6.71. The van der Waals surface area contributed by atoms with Gasteiger partial charge in [0.25, 0.3) is 0 Å². The van der Waals surface area contributed by atoms with E-state index in [0.29, 0.717) is 0 Å². The van der Waals surface area contributed by atoms with E-state index in [1.807, 2.05) is 44.2 Å². The molecule has 0 aliphatic heterocycles. The maximum absolute atomic E-state index is 12.3. The largest absolute Gasteiger partial charge is 0.459 e. The van der Waals surface area contributed by atoms with Gasteiger partial charge in [0.15, 0.2) is 0 Å². The summed E-state index contributed by atoms with van der Waals surface area (Å²) < 4.78 is 5.19. The lowest BCUT2D eigenvalue weighted by Crippen LogP contribution is -2.54. The fourth-order valence-electron chi connectivity index (χ4n) is 2.13. The van der Waals surface area contributed by atoms with Crippen LogP contribution in [0.15, 0.2) is 30.3 Å². The van der Waals surface area contributed by atoms with Crippen LogP contribution in [0.2, 0.25) is 0 Å². The molecular formula is C19H29N3O4. The van der Waals surface area contributed by atoms with E-state index in [-0.39, 0.29) is 18.4 Å². The van der Waals surface area contributed by atoms with E-state index < -0.39 is 30.0 Å². The third-order valence-electron chi connectivity index (χ3n) is 4.25. The average Bonchev–Trinajstić information content (AvgIpc) is 2.64. The molecule has 0 bridgehead atoms. The van der Waals surface area contributed by atoms with Crippen molar-refractivity contribution >= 4 is 17.8 Å². The third kappa shape index (κ3) is 6.15. The van der Waals surface area contributed by atoms with Crippen LogP contribution < -0.4 is 11.1 Å². The number of hydrogen-bond acceptors (Lipinski definition) is 5. The SMILES string of the molecule is CC(C)[C@H](N)C(=O)N(C)[C@@H](C)C(=O)N[C@@H](C)C(=O)OCc1ccccc1. The molecule has 0 saturated carbocycles. The molecule has 0 spiro atoms. The Balaban J connectivity index is 2.53. The quantitative estimate of drug-likeness (QED) is 0.673. The zero-order valence-electron chi connectivity index (χ0n) is 16.1. The minimum absolute atomic E-state index is 0.0351. The fraction of sp³-hybridized carbons (Fsp3) is 0.526. The van der Waals surface area contributed by atoms with Gasteiger partial charge in [-0.3, -0.25) is 9.59 Å². The molecule has 0 aliphatic rings. The lowest BCUT2D eigenvalue weighted by molar-refractivity contribution is -0.149. The van der Waals surface area contributed by atoms with E-state index in [9.17, 15) is 14.4 Å². The summed E-state index contributed by atoms with van der Waals surface area (Å²) in [6.45, 7) is 6.94. The van der Waals surface area contributed by atoms with E-state index in [0.717, 1.165) is 5.56 Å². The van der Waals surface area contributed by atoms with Gasteiger partial charge in [0.2, 0.25) is 11.8 Å². The summed E-state index contributed by atoms with van der Waals surface area (Å²) in [4.78, 5) is 37.9. The van der Waals surface area contributed by atoms with Gasteiger partial charge < -0.3 is 20.7 Å². The molecule has 1 aromatic carbocycles. The van der Waals surface area contributed by atoms with Gasteiger partial charge >= 0.3 is 5.97 Å². The van der Waals surface area contributed by atoms with Crippen LogP contribution in [-0.2, 0) is 25.7 Å². The molecule has 7 nitrogen and oxygen atoms in total. The van der Waals surface area contributed by atoms with Crippen LogP contribution >= 0.6 is 0 Å². The molecular weight excluding hydrogens is 334 g/mol. The first kappa shape index (κ1) is 21.6. The van der Waals surface area contributed by atoms with Crippen molar-refractivity contribution in [3.63, 3.8) is 0 Å². The summed E-state index contributed by atoms with van der Waals surface area (Å²) in [5.74, 6) is -1.34. The van der Waals surface area contributed by atoms with E-state index in [1.54, 1.807) is 13.8 Å². The molecule has 26 heavy (non-hydrogen) atoms. The molecule has 1 aromatic rings. The molecule has 144 valence electrons. The number of nitrogens with one attached hydrogen (secondary N) is 1. The van der Waals surface area contributed by atoms with E-state index in [1.165, 1.54) is 11.9 Å². The van der Waals surface area contributed by atoms with Crippen molar-refractivity contribution in [2.45, 2.75) is 52.4 Å². The molecule has 0 saturated heterocycles. The van der Waals surface area contributed by atoms with Crippen LogP contribution in [0.5, 0.6) is 0 Å². The zero-order valence-corrected chi connectivity index (χ0v) is 16.1. The van der Waals surface area contributed by atoms with Crippen LogP contribution in [0, 0.1) is 5.92 Å². The van der Waals surface area contributed by atoms with Crippen LogP contribution in [0.1, 0.15) is 33.3 Å². The number of nitrogens with zero attached hydrogens (tertiary/aromatic N) is 1. The van der Waals surface area contributed by atoms with Gasteiger partial charge in [0.05, 0.1) is 6.04 Å². The Morgan fingerprint density at radius 2 is 1.69 bits per heavy atom. The number of rotatable bonds is 8. The third-order valence-corrected chi connectivity index (χ3v) is 4.25. The number of benzene rings is 1. The van der Waals surface area contributed by atoms with Crippen LogP contribution in [0.25, 0.3) is 0 Å². The molecule has 3 atom stereocenters. The standard InChI is InChI=1S/C19H29N3O4/c1-12(2)16(20)18(24)22(5)14(4)17(23)21-13(3)19(25)26-11-15-9-7-6-8-10-15/h6-10,12-14,16H,11,20H2,1-5H3,(H,21,23)/t13-,14-,16-/m0/s1.